The minimum Gasteiger partial charge on any atom is -0.368 e. The van der Waals surface area contributed by atoms with Crippen LogP contribution in [0.2, 0.25) is 0 Å². The molecule has 0 aliphatic rings. The Morgan fingerprint density at radius 2 is 2.38 bits per heavy atom. The van der Waals surface area contributed by atoms with Crippen molar-refractivity contribution in [3.05, 3.63) is 22.6 Å². The van der Waals surface area contributed by atoms with Gasteiger partial charge in [-0.2, -0.15) is 0 Å². The molecule has 0 spiro atoms. The lowest BCUT2D eigenvalue weighted by Gasteiger charge is -2.10. The van der Waals surface area contributed by atoms with Crippen LogP contribution in [-0.2, 0) is 10.8 Å². The number of nitrogens with one attached hydrogen (secondary N) is 1. The minimum absolute atomic E-state index is 0.103. The molecule has 0 radical (unpaired) electrons. The Balaban J connectivity index is 2.46. The second kappa shape index (κ2) is 6.30. The summed E-state index contributed by atoms with van der Waals surface area (Å²) >= 11 is 3.14. The first kappa shape index (κ1) is 13.6. The van der Waals surface area contributed by atoms with Crippen LogP contribution in [-0.4, -0.2) is 27.2 Å². The summed E-state index contributed by atoms with van der Waals surface area (Å²) in [5, 5.41) is 2.99. The third kappa shape index (κ3) is 4.17. The van der Waals surface area contributed by atoms with Crippen molar-refractivity contribution in [2.24, 2.45) is 0 Å². The number of aromatic nitrogens is 1. The highest BCUT2D eigenvalue weighted by atomic mass is 79.9. The summed E-state index contributed by atoms with van der Waals surface area (Å²) in [5.41, 5.74) is 0. The molecule has 1 aromatic heterocycles. The average Bonchev–Trinajstić information content (AvgIpc) is 2.20. The van der Waals surface area contributed by atoms with Crippen molar-refractivity contribution in [2.45, 2.75) is 18.6 Å². The van der Waals surface area contributed by atoms with Gasteiger partial charge in [0.05, 0.1) is 0 Å². The third-order valence-electron chi connectivity index (χ3n) is 2.22. The second-order valence-electron chi connectivity index (χ2n) is 3.51. The van der Waals surface area contributed by atoms with E-state index in [2.05, 4.69) is 26.2 Å². The van der Waals surface area contributed by atoms with Gasteiger partial charge in [-0.15, -0.1) is 0 Å². The van der Waals surface area contributed by atoms with E-state index in [0.717, 1.165) is 6.42 Å². The number of halogens is 2. The van der Waals surface area contributed by atoms with Gasteiger partial charge in [0.25, 0.3) is 0 Å². The number of rotatable bonds is 5. The summed E-state index contributed by atoms with van der Waals surface area (Å²) < 4.78 is 25.0. The van der Waals surface area contributed by atoms with E-state index in [1.54, 1.807) is 6.26 Å². The molecule has 6 heteroatoms. The summed E-state index contributed by atoms with van der Waals surface area (Å²) in [4.78, 5) is 3.91. The van der Waals surface area contributed by atoms with E-state index in [4.69, 9.17) is 0 Å². The predicted octanol–water partition coefficient (Wildman–Crippen LogP) is 2.55. The summed E-state index contributed by atoms with van der Waals surface area (Å²) in [5.74, 6) is -0.156. The van der Waals surface area contributed by atoms with E-state index in [1.807, 2.05) is 6.92 Å². The quantitative estimate of drug-likeness (QED) is 0.909. The van der Waals surface area contributed by atoms with Crippen LogP contribution in [0.3, 0.4) is 0 Å². The van der Waals surface area contributed by atoms with Gasteiger partial charge in [0.1, 0.15) is 0 Å². The number of nitrogens with zero attached hydrogens (tertiary/aromatic N) is 1. The molecule has 0 saturated carbocycles. The van der Waals surface area contributed by atoms with Gasteiger partial charge in [0, 0.05) is 39.5 Å². The zero-order chi connectivity index (χ0) is 12.1. The maximum absolute atomic E-state index is 13.3. The molecule has 90 valence electrons. The number of hydrogen-bond acceptors (Lipinski definition) is 3. The summed E-state index contributed by atoms with van der Waals surface area (Å²) in [6, 6.07) is 1.36. The number of anilines is 1. The van der Waals surface area contributed by atoms with Crippen molar-refractivity contribution in [2.75, 3.05) is 18.1 Å². The molecule has 0 aliphatic carbocycles. The molecule has 2 atom stereocenters. The lowest BCUT2D eigenvalue weighted by atomic mass is 10.3. The molecule has 1 aromatic rings. The molecule has 0 amide bonds. The highest BCUT2D eigenvalue weighted by Gasteiger charge is 2.07. The van der Waals surface area contributed by atoms with Gasteiger partial charge in [0.15, 0.2) is 11.6 Å². The van der Waals surface area contributed by atoms with Crippen LogP contribution in [0.5, 0.6) is 0 Å². The lowest BCUT2D eigenvalue weighted by Crippen LogP contribution is -2.15. The van der Waals surface area contributed by atoms with Gasteiger partial charge in [-0.05, 0) is 28.4 Å². The fourth-order valence-corrected chi connectivity index (χ4v) is 1.86. The van der Waals surface area contributed by atoms with Crippen LogP contribution in [0.4, 0.5) is 10.2 Å². The van der Waals surface area contributed by atoms with E-state index in [9.17, 15) is 8.60 Å². The molecule has 0 saturated heterocycles. The molecule has 0 fully saturated rings. The van der Waals surface area contributed by atoms with E-state index < -0.39 is 10.8 Å². The Bertz CT molecular complexity index is 389. The zero-order valence-corrected chi connectivity index (χ0v) is 11.6. The Hall–Kier alpha value is -0.490. The largest absolute Gasteiger partial charge is 0.368 e. The summed E-state index contributed by atoms with van der Waals surface area (Å²) in [6.45, 7) is 2.47. The van der Waals surface area contributed by atoms with Gasteiger partial charge in [0.2, 0.25) is 0 Å². The molecule has 1 rings (SSSR count). The van der Waals surface area contributed by atoms with Crippen molar-refractivity contribution in [1.29, 1.82) is 0 Å². The van der Waals surface area contributed by atoms with Gasteiger partial charge >= 0.3 is 0 Å². The average molecular weight is 309 g/mol. The molecule has 0 aromatic carbocycles. The molecule has 0 bridgehead atoms. The maximum Gasteiger partial charge on any atom is 0.166 e. The minimum atomic E-state index is -0.839. The molecular weight excluding hydrogens is 295 g/mol. The van der Waals surface area contributed by atoms with Crippen molar-refractivity contribution in [1.82, 2.24) is 4.98 Å². The van der Waals surface area contributed by atoms with Crippen LogP contribution in [0.25, 0.3) is 0 Å². The standard InChI is InChI=1S/C10H14BrFN2OS/c1-7(16(2)15)3-4-13-10-9(12)5-8(11)6-14-10/h5-7H,3-4H2,1-2H3,(H,13,14). The van der Waals surface area contributed by atoms with Crippen molar-refractivity contribution in [3.63, 3.8) is 0 Å². The first-order valence-corrected chi connectivity index (χ1v) is 7.29. The maximum atomic E-state index is 13.3. The molecule has 16 heavy (non-hydrogen) atoms. The van der Waals surface area contributed by atoms with Crippen LogP contribution in [0, 0.1) is 5.82 Å². The molecule has 0 aliphatic heterocycles. The Kier molecular flexibility index (Phi) is 5.34. The monoisotopic (exact) mass is 308 g/mol. The number of pyridine rings is 1. The van der Waals surface area contributed by atoms with Crippen LogP contribution >= 0.6 is 15.9 Å². The summed E-state index contributed by atoms with van der Waals surface area (Å²) in [6.07, 6.45) is 3.93. The van der Waals surface area contributed by atoms with E-state index in [0.29, 0.717) is 11.0 Å². The first-order chi connectivity index (χ1) is 7.50. The molecular formula is C10H14BrFN2OS. The highest BCUT2D eigenvalue weighted by Crippen LogP contribution is 2.16. The van der Waals surface area contributed by atoms with Crippen molar-refractivity contribution >= 4 is 32.5 Å². The molecule has 1 N–H and O–H groups in total. The fourth-order valence-electron chi connectivity index (χ4n) is 1.10. The molecule has 1 heterocycles. The molecule has 2 unspecified atom stereocenters. The smallest absolute Gasteiger partial charge is 0.166 e. The van der Waals surface area contributed by atoms with Gasteiger partial charge in [-0.1, -0.05) is 6.92 Å². The topological polar surface area (TPSA) is 42.0 Å². The van der Waals surface area contributed by atoms with E-state index in [1.165, 1.54) is 12.3 Å². The van der Waals surface area contributed by atoms with Crippen LogP contribution < -0.4 is 5.32 Å². The second-order valence-corrected chi connectivity index (χ2v) is 6.23. The van der Waals surface area contributed by atoms with Crippen LogP contribution in [0.15, 0.2) is 16.7 Å². The Morgan fingerprint density at radius 1 is 1.69 bits per heavy atom. The van der Waals surface area contributed by atoms with Gasteiger partial charge in [-0.25, -0.2) is 9.37 Å². The van der Waals surface area contributed by atoms with Crippen LogP contribution in [0.1, 0.15) is 13.3 Å². The highest BCUT2D eigenvalue weighted by molar-refractivity contribution is 9.10. The van der Waals surface area contributed by atoms with E-state index in [-0.39, 0.29) is 16.9 Å². The Labute approximate surface area is 105 Å². The zero-order valence-electron chi connectivity index (χ0n) is 9.17. The van der Waals surface area contributed by atoms with Crippen molar-refractivity contribution < 1.29 is 8.60 Å². The van der Waals surface area contributed by atoms with Gasteiger partial charge < -0.3 is 5.32 Å². The normalized spacial score (nSPS) is 14.5. The van der Waals surface area contributed by atoms with Crippen molar-refractivity contribution in [3.8, 4) is 0 Å². The third-order valence-corrected chi connectivity index (χ3v) is 4.02. The first-order valence-electron chi connectivity index (χ1n) is 4.88. The summed E-state index contributed by atoms with van der Waals surface area (Å²) in [7, 11) is -0.839. The van der Waals surface area contributed by atoms with E-state index >= 15 is 0 Å². The Morgan fingerprint density at radius 3 is 2.94 bits per heavy atom. The van der Waals surface area contributed by atoms with Gasteiger partial charge in [-0.3, -0.25) is 4.21 Å². The molecule has 3 nitrogen and oxygen atoms in total. The predicted molar refractivity (Wildman–Crippen MR) is 68.5 cm³/mol. The number of hydrogen-bond donors (Lipinski definition) is 1. The fraction of sp³-hybridized carbons (Fsp3) is 0.500. The SMILES string of the molecule is CC(CCNc1ncc(Br)cc1F)S(C)=O. The lowest BCUT2D eigenvalue weighted by molar-refractivity contribution is 0.622.